The van der Waals surface area contributed by atoms with Gasteiger partial charge in [-0.3, -0.25) is 4.79 Å². The molecule has 0 saturated carbocycles. The molecule has 1 rings (SSSR count). The Kier molecular flexibility index (Phi) is 4.17. The second-order valence-corrected chi connectivity index (χ2v) is 6.16. The highest BCUT2D eigenvalue weighted by Gasteiger charge is 2.67. The number of carboxylic acid groups (broad SMARTS) is 1. The Bertz CT molecular complexity index is 419. The smallest absolute Gasteiger partial charge is 0.481 e. The van der Waals surface area contributed by atoms with Crippen LogP contribution in [-0.2, 0) is 9.59 Å². The van der Waals surface area contributed by atoms with Crippen LogP contribution in [0.1, 0.15) is 26.7 Å². The highest BCUT2D eigenvalue weighted by molar-refractivity contribution is 5.91. The van der Waals surface area contributed by atoms with Crippen LogP contribution in [-0.4, -0.2) is 65.7 Å². The lowest BCUT2D eigenvalue weighted by molar-refractivity contribution is -0.878. The molecule has 1 fully saturated rings. The van der Waals surface area contributed by atoms with Crippen LogP contribution in [0.3, 0.4) is 0 Å². The second kappa shape index (κ2) is 5.02. The van der Waals surface area contributed by atoms with E-state index in [9.17, 15) is 14.4 Å². The molecule has 1 aliphatic rings. The Morgan fingerprint density at radius 1 is 1.32 bits per heavy atom. The number of carboxylic acids is 1. The molecule has 3 unspecified atom stereocenters. The van der Waals surface area contributed by atoms with Crippen LogP contribution in [0.25, 0.3) is 0 Å². The molecule has 1 heterocycles. The minimum absolute atomic E-state index is 0.182. The second-order valence-electron chi connectivity index (χ2n) is 6.16. The first-order valence-electron chi connectivity index (χ1n) is 6.57. The van der Waals surface area contributed by atoms with E-state index >= 15 is 0 Å². The van der Waals surface area contributed by atoms with Crippen LogP contribution in [0.4, 0.5) is 4.79 Å². The SMILES string of the molecule is CCC(C)C[N+]1(C)C(=O)C(CC(=O)O)[N+](C)(C)C1=O. The zero-order chi connectivity index (χ0) is 15.0. The van der Waals surface area contributed by atoms with E-state index in [0.29, 0.717) is 6.54 Å². The molecular weight excluding hydrogens is 248 g/mol. The number of hydrogen-bond donors (Lipinski definition) is 1. The fraction of sp³-hybridized carbons (Fsp3) is 0.769. The first-order valence-corrected chi connectivity index (χ1v) is 6.57. The van der Waals surface area contributed by atoms with Crippen molar-refractivity contribution in [1.82, 2.24) is 0 Å². The summed E-state index contributed by atoms with van der Waals surface area (Å²) in [5.41, 5.74) is 0. The monoisotopic (exact) mass is 272 g/mol. The number of nitrogens with zero attached hydrogens (tertiary/aromatic N) is 2. The third-order valence-electron chi connectivity index (χ3n) is 4.21. The van der Waals surface area contributed by atoms with Crippen molar-refractivity contribution < 1.29 is 28.5 Å². The summed E-state index contributed by atoms with van der Waals surface area (Å²) in [6.45, 7) is 4.44. The Hall–Kier alpha value is -1.27. The summed E-state index contributed by atoms with van der Waals surface area (Å²) in [6, 6.07) is -1.02. The molecule has 6 heteroatoms. The maximum absolute atomic E-state index is 12.5. The van der Waals surface area contributed by atoms with Gasteiger partial charge in [0.1, 0.15) is 13.0 Å². The summed E-state index contributed by atoms with van der Waals surface area (Å²) in [5, 5.41) is 8.93. The van der Waals surface area contributed by atoms with E-state index in [1.807, 2.05) is 13.8 Å². The largest absolute Gasteiger partial charge is 0.522 e. The van der Waals surface area contributed by atoms with Crippen molar-refractivity contribution in [1.29, 1.82) is 0 Å². The lowest BCUT2D eigenvalue weighted by atomic mass is 10.1. The molecule has 108 valence electrons. The van der Waals surface area contributed by atoms with Crippen molar-refractivity contribution in [3.8, 4) is 0 Å². The van der Waals surface area contributed by atoms with Gasteiger partial charge in [-0.25, -0.2) is 4.79 Å². The molecule has 1 saturated heterocycles. The Morgan fingerprint density at radius 2 is 1.84 bits per heavy atom. The van der Waals surface area contributed by atoms with E-state index < -0.39 is 12.0 Å². The van der Waals surface area contributed by atoms with E-state index in [0.717, 1.165) is 6.42 Å². The highest BCUT2D eigenvalue weighted by atomic mass is 16.4. The molecule has 0 spiro atoms. The zero-order valence-electron chi connectivity index (χ0n) is 12.3. The third kappa shape index (κ3) is 2.55. The summed E-state index contributed by atoms with van der Waals surface area (Å²) in [6.07, 6.45) is 0.581. The summed E-state index contributed by atoms with van der Waals surface area (Å²) in [4.78, 5) is 36.0. The van der Waals surface area contributed by atoms with Crippen LogP contribution in [0, 0.1) is 5.92 Å². The first kappa shape index (κ1) is 15.8. The number of imide groups is 1. The molecule has 0 aromatic carbocycles. The molecule has 1 N–H and O–H groups in total. The van der Waals surface area contributed by atoms with Crippen molar-refractivity contribution in [3.05, 3.63) is 0 Å². The summed E-state index contributed by atoms with van der Waals surface area (Å²) >= 11 is 0. The average molecular weight is 272 g/mol. The number of likely N-dealkylation sites (N-methyl/N-ethyl adjacent to an activating group) is 2. The Labute approximate surface area is 113 Å². The molecule has 6 nitrogen and oxygen atoms in total. The normalized spacial score (nSPS) is 31.5. The van der Waals surface area contributed by atoms with Crippen LogP contribution in [0.15, 0.2) is 0 Å². The van der Waals surface area contributed by atoms with Gasteiger partial charge in [0.25, 0.3) is 0 Å². The van der Waals surface area contributed by atoms with Crippen molar-refractivity contribution in [2.45, 2.75) is 32.7 Å². The molecule has 3 amide bonds. The number of aliphatic carboxylic acids is 1. The van der Waals surface area contributed by atoms with Crippen LogP contribution in [0.2, 0.25) is 0 Å². The molecule has 0 aromatic rings. The zero-order valence-corrected chi connectivity index (χ0v) is 12.3. The van der Waals surface area contributed by atoms with Crippen molar-refractivity contribution in [2.75, 3.05) is 27.7 Å². The summed E-state index contributed by atoms with van der Waals surface area (Å²) in [5.74, 6) is -1.09. The molecule has 0 bridgehead atoms. The van der Waals surface area contributed by atoms with Gasteiger partial charge in [0.2, 0.25) is 6.04 Å². The van der Waals surface area contributed by atoms with Crippen molar-refractivity contribution in [2.24, 2.45) is 5.92 Å². The number of hydrogen-bond acceptors (Lipinski definition) is 3. The number of urea groups is 1. The van der Waals surface area contributed by atoms with Gasteiger partial charge in [-0.15, -0.1) is 4.48 Å². The van der Waals surface area contributed by atoms with Gasteiger partial charge in [-0.1, -0.05) is 13.8 Å². The standard InChI is InChI=1S/C13H23N2O4/c1-6-9(2)8-15(5)12(18)10(7-11(16)17)14(3,4)13(15)19/h9-10H,6-8H2,1-5H3/q+1/p+1. The van der Waals surface area contributed by atoms with Gasteiger partial charge in [-0.2, -0.15) is 9.28 Å². The summed E-state index contributed by atoms with van der Waals surface area (Å²) in [7, 11) is 4.85. The van der Waals surface area contributed by atoms with Crippen molar-refractivity contribution in [3.63, 3.8) is 0 Å². The molecular formula is C13H24N2O4+2. The van der Waals surface area contributed by atoms with Crippen molar-refractivity contribution >= 4 is 17.9 Å². The molecule has 19 heavy (non-hydrogen) atoms. The molecule has 3 atom stereocenters. The Balaban J connectivity index is 3.13. The van der Waals surface area contributed by atoms with Gasteiger partial charge in [0.15, 0.2) is 0 Å². The van der Waals surface area contributed by atoms with Gasteiger partial charge >= 0.3 is 17.9 Å². The van der Waals surface area contributed by atoms with E-state index in [1.54, 1.807) is 21.1 Å². The van der Waals surface area contributed by atoms with Crippen LogP contribution in [0.5, 0.6) is 0 Å². The van der Waals surface area contributed by atoms with E-state index in [-0.39, 0.29) is 33.2 Å². The lowest BCUT2D eigenvalue weighted by Crippen LogP contribution is -2.55. The predicted molar refractivity (Wildman–Crippen MR) is 69.1 cm³/mol. The van der Waals surface area contributed by atoms with Gasteiger partial charge < -0.3 is 5.11 Å². The van der Waals surface area contributed by atoms with Gasteiger partial charge in [-0.05, 0) is 6.42 Å². The number of carbonyl (C=O) groups excluding carboxylic acids is 2. The average Bonchev–Trinajstić information content (AvgIpc) is 2.42. The first-order chi connectivity index (χ1) is 8.57. The maximum Gasteiger partial charge on any atom is 0.522 e. The van der Waals surface area contributed by atoms with E-state index in [2.05, 4.69) is 0 Å². The number of carbonyl (C=O) groups is 3. The lowest BCUT2D eigenvalue weighted by Gasteiger charge is -2.25. The summed E-state index contributed by atoms with van der Waals surface area (Å²) < 4.78 is -0.474. The molecule has 0 radical (unpaired) electrons. The van der Waals surface area contributed by atoms with Gasteiger partial charge in [0, 0.05) is 5.92 Å². The molecule has 1 aliphatic heterocycles. The quantitative estimate of drug-likeness (QED) is 0.600. The van der Waals surface area contributed by atoms with Crippen LogP contribution < -0.4 is 0 Å². The minimum Gasteiger partial charge on any atom is -0.481 e. The maximum atomic E-state index is 12.5. The number of amides is 3. The van der Waals surface area contributed by atoms with Crippen LogP contribution >= 0.6 is 0 Å². The predicted octanol–water partition coefficient (Wildman–Crippen LogP) is 1.06. The molecule has 0 aromatic heterocycles. The fourth-order valence-electron chi connectivity index (χ4n) is 2.80. The fourth-order valence-corrected chi connectivity index (χ4v) is 2.80. The van der Waals surface area contributed by atoms with E-state index in [4.69, 9.17) is 5.11 Å². The molecule has 0 aliphatic carbocycles. The minimum atomic E-state index is -1.05. The topological polar surface area (TPSA) is 71.4 Å². The van der Waals surface area contributed by atoms with Gasteiger partial charge in [0.05, 0.1) is 21.1 Å². The number of rotatable bonds is 5. The van der Waals surface area contributed by atoms with E-state index in [1.165, 1.54) is 0 Å². The highest BCUT2D eigenvalue weighted by Crippen LogP contribution is 2.32. The third-order valence-corrected chi connectivity index (χ3v) is 4.21. The number of quaternary nitrogens is 2. The Morgan fingerprint density at radius 3 is 2.26 bits per heavy atom.